The summed E-state index contributed by atoms with van der Waals surface area (Å²) in [5.74, 6) is -7.09. The summed E-state index contributed by atoms with van der Waals surface area (Å²) < 4.78 is 18.9. The van der Waals surface area contributed by atoms with Crippen LogP contribution in [0.2, 0.25) is 0 Å². The smallest absolute Gasteiger partial charge is 0.338 e. The third-order valence-electron chi connectivity index (χ3n) is 15.4. The summed E-state index contributed by atoms with van der Waals surface area (Å²) in [6.45, 7) is 13.8. The Morgan fingerprint density at radius 3 is 2.41 bits per heavy atom. The molecular formula is C37H59NO11. The molecule has 0 radical (unpaired) electrons. The first kappa shape index (κ1) is 36.0. The quantitative estimate of drug-likeness (QED) is 0.221. The Bertz CT molecular complexity index is 1360. The van der Waals surface area contributed by atoms with Crippen LogP contribution < -0.4 is 0 Å². The molecule has 4 bridgehead atoms. The minimum atomic E-state index is -2.05. The number of aliphatic hydroxyl groups is 6. The number of rotatable bonds is 6. The van der Waals surface area contributed by atoms with Gasteiger partial charge in [-0.05, 0) is 83.0 Å². The number of piperidine rings is 2. The minimum absolute atomic E-state index is 0.0259. The van der Waals surface area contributed by atoms with E-state index in [1.807, 2.05) is 13.8 Å². The molecule has 4 saturated carbocycles. The fourth-order valence-corrected chi connectivity index (χ4v) is 12.5. The van der Waals surface area contributed by atoms with Crippen LogP contribution in [0.4, 0.5) is 0 Å². The maximum absolute atomic E-state index is 13.6. The van der Waals surface area contributed by atoms with Crippen molar-refractivity contribution >= 4 is 11.9 Å². The highest BCUT2D eigenvalue weighted by atomic mass is 16.7. The standard InChI is InChI=1S/C37H59NO11/c1-8-19(4)30(41)47-25-12-13-32(5)23-14-22(39)28-35(32,49-37(23,25)46)15-21-20-17-38-16-18(3)10-11-24(38)34(7,44)26(20)27(40)29(36(21,28)45)48-31(42)33(6,43)9-2/h18-29,39-40,43-46H,8-17H2,1-7H3/t18?,19?,20?,21-,22+,23?,24-,25?,26+,27?,28?,29-,32?,33?,34+,35+,36-,37-/m0/s1. The number of ether oxygens (including phenoxy) is 3. The van der Waals surface area contributed by atoms with Gasteiger partial charge in [-0.1, -0.05) is 34.6 Å². The molecule has 278 valence electrons. The maximum Gasteiger partial charge on any atom is 0.338 e. The zero-order chi connectivity index (χ0) is 35.9. The van der Waals surface area contributed by atoms with Crippen molar-refractivity contribution in [2.75, 3.05) is 13.1 Å². The minimum Gasteiger partial charge on any atom is -0.456 e. The van der Waals surface area contributed by atoms with E-state index in [1.165, 1.54) is 6.92 Å². The van der Waals surface area contributed by atoms with Crippen LogP contribution in [0.1, 0.15) is 99.8 Å². The van der Waals surface area contributed by atoms with Crippen LogP contribution in [-0.2, 0) is 23.8 Å². The zero-order valence-electron chi connectivity index (χ0n) is 30.2. The fourth-order valence-electron chi connectivity index (χ4n) is 12.5. The van der Waals surface area contributed by atoms with Gasteiger partial charge >= 0.3 is 11.9 Å². The number of carbonyl (C=O) groups excluding carboxylic acids is 2. The van der Waals surface area contributed by atoms with E-state index in [-0.39, 0.29) is 31.2 Å². The van der Waals surface area contributed by atoms with E-state index in [1.54, 1.807) is 20.8 Å². The van der Waals surface area contributed by atoms with Crippen LogP contribution in [0.25, 0.3) is 0 Å². The Morgan fingerprint density at radius 1 is 1.06 bits per heavy atom. The number of hydrogen-bond donors (Lipinski definition) is 6. The number of hydrogen-bond acceptors (Lipinski definition) is 12. The average Bonchev–Trinajstić information content (AvgIpc) is 3.31. The van der Waals surface area contributed by atoms with E-state index in [2.05, 4.69) is 11.8 Å². The molecule has 7 fully saturated rings. The number of carbonyl (C=O) groups is 2. The highest BCUT2D eigenvalue weighted by molar-refractivity contribution is 5.79. The van der Waals surface area contributed by atoms with Crippen molar-refractivity contribution in [2.24, 2.45) is 46.8 Å². The Kier molecular flexibility index (Phi) is 8.31. The van der Waals surface area contributed by atoms with Crippen LogP contribution in [0.3, 0.4) is 0 Å². The van der Waals surface area contributed by atoms with Crippen molar-refractivity contribution in [3.05, 3.63) is 0 Å². The first-order valence-corrected chi connectivity index (χ1v) is 18.9. The predicted molar refractivity (Wildman–Crippen MR) is 174 cm³/mol. The van der Waals surface area contributed by atoms with Crippen LogP contribution >= 0.6 is 0 Å². The van der Waals surface area contributed by atoms with Crippen molar-refractivity contribution in [3.63, 3.8) is 0 Å². The summed E-state index contributed by atoms with van der Waals surface area (Å²) in [7, 11) is 0. The Balaban J connectivity index is 1.36. The van der Waals surface area contributed by atoms with Gasteiger partial charge < -0.3 is 44.8 Å². The van der Waals surface area contributed by atoms with Gasteiger partial charge in [-0.3, -0.25) is 9.69 Å². The Hall–Kier alpha value is -1.38. The molecule has 0 aromatic heterocycles. The first-order chi connectivity index (χ1) is 22.7. The lowest BCUT2D eigenvalue weighted by atomic mass is 9.49. The van der Waals surface area contributed by atoms with E-state index in [0.29, 0.717) is 31.7 Å². The number of fused-ring (bicyclic) bond motifs is 5. The SMILES string of the molecule is CCC(C)C(=O)OC1CCC2(C)C3C[C@@H](O)C4[C@@]5(O)[C@@H](C[C@@]42O[C@]13O)C1CN2CC(C)CC[C@H]2[C@@](C)(O)[C@H]1C(O)[C@@H]5OC(=O)C(C)(O)CC. The van der Waals surface area contributed by atoms with Crippen molar-refractivity contribution in [2.45, 2.75) is 158 Å². The molecule has 6 N–H and O–H groups in total. The molecule has 12 heteroatoms. The van der Waals surface area contributed by atoms with Crippen molar-refractivity contribution in [1.29, 1.82) is 0 Å². The van der Waals surface area contributed by atoms with Crippen molar-refractivity contribution in [1.82, 2.24) is 4.90 Å². The van der Waals surface area contributed by atoms with Crippen LogP contribution in [-0.4, -0.2) is 119 Å². The molecule has 4 aliphatic carbocycles. The summed E-state index contributed by atoms with van der Waals surface area (Å²) in [6.07, 6.45) is -2.08. The molecule has 18 atom stereocenters. The molecule has 0 aromatic carbocycles. The highest BCUT2D eigenvalue weighted by Gasteiger charge is 2.87. The molecule has 0 aromatic rings. The molecule has 0 amide bonds. The number of nitrogens with zero attached hydrogens (tertiary/aromatic N) is 1. The molecule has 7 rings (SSSR count). The van der Waals surface area contributed by atoms with Gasteiger partial charge in [-0.2, -0.15) is 0 Å². The van der Waals surface area contributed by atoms with Gasteiger partial charge in [0.05, 0.1) is 29.3 Å². The second-order valence-electron chi connectivity index (χ2n) is 18.0. The lowest BCUT2D eigenvalue weighted by molar-refractivity contribution is -0.301. The molecule has 3 heterocycles. The van der Waals surface area contributed by atoms with Gasteiger partial charge in [0.25, 0.3) is 0 Å². The largest absolute Gasteiger partial charge is 0.456 e. The molecule has 3 aliphatic heterocycles. The lowest BCUT2D eigenvalue weighted by Gasteiger charge is -2.64. The van der Waals surface area contributed by atoms with Gasteiger partial charge in [0.2, 0.25) is 5.79 Å². The van der Waals surface area contributed by atoms with Gasteiger partial charge in [-0.15, -0.1) is 0 Å². The first-order valence-electron chi connectivity index (χ1n) is 18.9. The molecule has 12 nitrogen and oxygen atoms in total. The third-order valence-corrected chi connectivity index (χ3v) is 15.4. The van der Waals surface area contributed by atoms with E-state index in [9.17, 15) is 40.2 Å². The summed E-state index contributed by atoms with van der Waals surface area (Å²) in [6, 6.07) is -0.251. The number of aliphatic hydroxyl groups excluding tert-OH is 2. The molecular weight excluding hydrogens is 634 g/mol. The Morgan fingerprint density at radius 2 is 1.76 bits per heavy atom. The second kappa shape index (κ2) is 11.3. The average molecular weight is 694 g/mol. The fraction of sp³-hybridized carbons (Fsp3) is 0.946. The van der Waals surface area contributed by atoms with E-state index < -0.39 is 99.6 Å². The maximum atomic E-state index is 13.6. The predicted octanol–water partition coefficient (Wildman–Crippen LogP) is 1.49. The highest BCUT2D eigenvalue weighted by Crippen LogP contribution is 2.77. The van der Waals surface area contributed by atoms with Crippen LogP contribution in [0.15, 0.2) is 0 Å². The van der Waals surface area contributed by atoms with Crippen molar-refractivity contribution < 1.29 is 54.4 Å². The molecule has 9 unspecified atom stereocenters. The van der Waals surface area contributed by atoms with Crippen molar-refractivity contribution in [3.8, 4) is 0 Å². The third kappa shape index (κ3) is 4.56. The van der Waals surface area contributed by atoms with E-state index in [4.69, 9.17) is 14.2 Å². The van der Waals surface area contributed by atoms with Gasteiger partial charge in [0.15, 0.2) is 17.8 Å². The topological polar surface area (TPSA) is 186 Å². The van der Waals surface area contributed by atoms with Gasteiger partial charge in [-0.25, -0.2) is 4.79 Å². The Labute approximate surface area is 289 Å². The monoisotopic (exact) mass is 693 g/mol. The summed E-state index contributed by atoms with van der Waals surface area (Å²) in [5.41, 5.74) is -7.49. The molecule has 1 spiro atoms. The van der Waals surface area contributed by atoms with Gasteiger partial charge in [0.1, 0.15) is 5.60 Å². The number of esters is 2. The summed E-state index contributed by atoms with van der Waals surface area (Å²) in [4.78, 5) is 28.9. The van der Waals surface area contributed by atoms with E-state index in [0.717, 1.165) is 19.4 Å². The summed E-state index contributed by atoms with van der Waals surface area (Å²) in [5, 5.41) is 73.7. The van der Waals surface area contributed by atoms with Crippen LogP contribution in [0, 0.1) is 46.8 Å². The normalized spacial score (nSPS) is 54.8. The lowest BCUT2D eigenvalue weighted by Crippen LogP contribution is -2.77. The van der Waals surface area contributed by atoms with Gasteiger partial charge in [0, 0.05) is 42.3 Å². The molecule has 7 aliphatic rings. The molecule has 3 saturated heterocycles. The van der Waals surface area contributed by atoms with E-state index >= 15 is 0 Å². The second-order valence-corrected chi connectivity index (χ2v) is 18.0. The van der Waals surface area contributed by atoms with Crippen LogP contribution in [0.5, 0.6) is 0 Å². The molecule has 49 heavy (non-hydrogen) atoms. The zero-order valence-corrected chi connectivity index (χ0v) is 30.2. The summed E-state index contributed by atoms with van der Waals surface area (Å²) >= 11 is 0.